The lowest BCUT2D eigenvalue weighted by Gasteiger charge is -2.29. The molecule has 1 N–H and O–H groups in total. The molecule has 0 radical (unpaired) electrons. The van der Waals surface area contributed by atoms with Crippen molar-refractivity contribution in [2.75, 3.05) is 26.3 Å². The zero-order valence-electron chi connectivity index (χ0n) is 12.7. The van der Waals surface area contributed by atoms with Gasteiger partial charge in [-0.05, 0) is 30.2 Å². The second-order valence-electron chi connectivity index (χ2n) is 6.24. The van der Waals surface area contributed by atoms with Gasteiger partial charge in [0.1, 0.15) is 0 Å². The summed E-state index contributed by atoms with van der Waals surface area (Å²) < 4.78 is 5.42. The van der Waals surface area contributed by atoms with Crippen LogP contribution in [0.25, 0.3) is 0 Å². The maximum Gasteiger partial charge on any atom is 0.308 e. The Morgan fingerprint density at radius 2 is 1.86 bits per heavy atom. The Labute approximate surface area is 137 Å². The van der Waals surface area contributed by atoms with Crippen molar-refractivity contribution in [3.8, 4) is 0 Å². The number of likely N-dealkylation sites (tertiary alicyclic amines) is 1. The van der Waals surface area contributed by atoms with E-state index in [0.29, 0.717) is 12.5 Å². The van der Waals surface area contributed by atoms with Gasteiger partial charge in [-0.25, -0.2) is 0 Å². The molecule has 0 amide bonds. The van der Waals surface area contributed by atoms with E-state index in [1.54, 1.807) is 0 Å². The molecule has 2 saturated heterocycles. The van der Waals surface area contributed by atoms with E-state index in [1.165, 1.54) is 5.56 Å². The van der Waals surface area contributed by atoms with Gasteiger partial charge in [0.25, 0.3) is 0 Å². The standard InChI is InChI=1S/C17H23NO3.ClH/c19-17(20)16-12-18(10-13-4-2-1-3-5-13)11-15(16)14-6-8-21-9-7-14;/h1-5,14-16H,6-12H2,(H,19,20);1H/t15-,16+;/m0./s1. The SMILES string of the molecule is Cl.O=C(O)[C@@H]1CN(Cc2ccccc2)C[C@H]1C1CCOCC1. The molecule has 5 heteroatoms. The minimum Gasteiger partial charge on any atom is -0.481 e. The molecular formula is C17H24ClNO3. The largest absolute Gasteiger partial charge is 0.481 e. The monoisotopic (exact) mass is 325 g/mol. The van der Waals surface area contributed by atoms with E-state index in [1.807, 2.05) is 18.2 Å². The van der Waals surface area contributed by atoms with E-state index in [0.717, 1.165) is 39.1 Å². The van der Waals surface area contributed by atoms with Crippen LogP contribution in [0.1, 0.15) is 18.4 Å². The van der Waals surface area contributed by atoms with Crippen LogP contribution in [-0.4, -0.2) is 42.3 Å². The molecule has 0 spiro atoms. The van der Waals surface area contributed by atoms with Gasteiger partial charge >= 0.3 is 5.97 Å². The number of aliphatic carboxylic acids is 1. The van der Waals surface area contributed by atoms with Gasteiger partial charge in [-0.2, -0.15) is 0 Å². The summed E-state index contributed by atoms with van der Waals surface area (Å²) in [5.41, 5.74) is 1.26. The van der Waals surface area contributed by atoms with Gasteiger partial charge in [-0.3, -0.25) is 9.69 Å². The molecule has 0 aromatic heterocycles. The third-order valence-corrected chi connectivity index (χ3v) is 4.88. The summed E-state index contributed by atoms with van der Waals surface area (Å²) in [6, 6.07) is 10.3. The molecule has 3 rings (SSSR count). The minimum absolute atomic E-state index is 0. The van der Waals surface area contributed by atoms with Crippen molar-refractivity contribution in [2.45, 2.75) is 19.4 Å². The highest BCUT2D eigenvalue weighted by molar-refractivity contribution is 5.85. The van der Waals surface area contributed by atoms with Crippen LogP contribution in [0.2, 0.25) is 0 Å². The van der Waals surface area contributed by atoms with Crippen LogP contribution in [0.5, 0.6) is 0 Å². The van der Waals surface area contributed by atoms with Gasteiger partial charge < -0.3 is 9.84 Å². The highest BCUT2D eigenvalue weighted by atomic mass is 35.5. The summed E-state index contributed by atoms with van der Waals surface area (Å²) in [6.07, 6.45) is 2.02. The summed E-state index contributed by atoms with van der Waals surface area (Å²) in [4.78, 5) is 13.9. The number of halogens is 1. The van der Waals surface area contributed by atoms with Crippen LogP contribution in [-0.2, 0) is 16.1 Å². The molecule has 0 bridgehead atoms. The molecular weight excluding hydrogens is 302 g/mol. The van der Waals surface area contributed by atoms with Crippen LogP contribution < -0.4 is 0 Å². The van der Waals surface area contributed by atoms with Gasteiger partial charge in [-0.15, -0.1) is 12.4 Å². The maximum atomic E-state index is 11.6. The van der Waals surface area contributed by atoms with Crippen molar-refractivity contribution < 1.29 is 14.6 Å². The summed E-state index contributed by atoms with van der Waals surface area (Å²) in [5.74, 6) is -0.0883. The Morgan fingerprint density at radius 3 is 2.50 bits per heavy atom. The van der Waals surface area contributed by atoms with Crippen molar-refractivity contribution in [2.24, 2.45) is 17.8 Å². The van der Waals surface area contributed by atoms with Crippen LogP contribution in [0.3, 0.4) is 0 Å². The molecule has 1 aromatic carbocycles. The lowest BCUT2D eigenvalue weighted by atomic mass is 9.80. The summed E-state index contributed by atoms with van der Waals surface area (Å²) in [6.45, 7) is 3.99. The average Bonchev–Trinajstić information content (AvgIpc) is 2.93. The van der Waals surface area contributed by atoms with E-state index in [9.17, 15) is 9.90 Å². The highest BCUT2D eigenvalue weighted by Gasteiger charge is 2.41. The van der Waals surface area contributed by atoms with Gasteiger partial charge in [0.15, 0.2) is 0 Å². The number of carboxylic acids is 1. The van der Waals surface area contributed by atoms with Crippen molar-refractivity contribution in [3.63, 3.8) is 0 Å². The van der Waals surface area contributed by atoms with Crippen LogP contribution in [0.15, 0.2) is 30.3 Å². The minimum atomic E-state index is -0.637. The van der Waals surface area contributed by atoms with Crippen LogP contribution in [0.4, 0.5) is 0 Å². The Bertz CT molecular complexity index is 476. The Balaban J connectivity index is 0.00000176. The molecule has 4 nitrogen and oxygen atoms in total. The third kappa shape index (κ3) is 4.00. The maximum absolute atomic E-state index is 11.6. The number of hydrogen-bond acceptors (Lipinski definition) is 3. The molecule has 0 unspecified atom stereocenters. The molecule has 2 aliphatic heterocycles. The topological polar surface area (TPSA) is 49.8 Å². The lowest BCUT2D eigenvalue weighted by molar-refractivity contribution is -0.143. The Hall–Kier alpha value is -1.10. The molecule has 22 heavy (non-hydrogen) atoms. The van der Waals surface area contributed by atoms with Gasteiger partial charge in [-0.1, -0.05) is 30.3 Å². The van der Waals surface area contributed by atoms with E-state index in [4.69, 9.17) is 4.74 Å². The molecule has 2 atom stereocenters. The quantitative estimate of drug-likeness (QED) is 0.924. The number of rotatable bonds is 4. The van der Waals surface area contributed by atoms with E-state index < -0.39 is 5.97 Å². The average molecular weight is 326 g/mol. The first-order valence-corrected chi connectivity index (χ1v) is 7.81. The van der Waals surface area contributed by atoms with E-state index in [2.05, 4.69) is 17.0 Å². The van der Waals surface area contributed by atoms with Gasteiger partial charge in [0.2, 0.25) is 0 Å². The first kappa shape index (κ1) is 17.3. The fraction of sp³-hybridized carbons (Fsp3) is 0.588. The molecule has 2 aliphatic rings. The third-order valence-electron chi connectivity index (χ3n) is 4.88. The van der Waals surface area contributed by atoms with Crippen LogP contribution in [0, 0.1) is 17.8 Å². The van der Waals surface area contributed by atoms with Crippen molar-refractivity contribution >= 4 is 18.4 Å². The molecule has 0 saturated carbocycles. The van der Waals surface area contributed by atoms with Gasteiger partial charge in [0.05, 0.1) is 5.92 Å². The number of benzene rings is 1. The Morgan fingerprint density at radius 1 is 1.18 bits per heavy atom. The second kappa shape index (κ2) is 7.95. The number of hydrogen-bond donors (Lipinski definition) is 1. The number of ether oxygens (including phenoxy) is 1. The first-order valence-electron chi connectivity index (χ1n) is 7.81. The smallest absolute Gasteiger partial charge is 0.308 e. The number of carboxylic acid groups (broad SMARTS) is 1. The van der Waals surface area contributed by atoms with Crippen molar-refractivity contribution in [1.29, 1.82) is 0 Å². The predicted molar refractivity (Wildman–Crippen MR) is 87.1 cm³/mol. The summed E-state index contributed by atoms with van der Waals surface area (Å²) in [7, 11) is 0. The van der Waals surface area contributed by atoms with Gasteiger partial charge in [0, 0.05) is 32.8 Å². The number of nitrogens with zero attached hydrogens (tertiary/aromatic N) is 1. The summed E-state index contributed by atoms with van der Waals surface area (Å²) in [5, 5.41) is 9.54. The second-order valence-corrected chi connectivity index (χ2v) is 6.24. The van der Waals surface area contributed by atoms with E-state index in [-0.39, 0.29) is 24.2 Å². The molecule has 0 aliphatic carbocycles. The van der Waals surface area contributed by atoms with Crippen molar-refractivity contribution in [3.05, 3.63) is 35.9 Å². The van der Waals surface area contributed by atoms with E-state index >= 15 is 0 Å². The normalized spacial score (nSPS) is 26.5. The first-order chi connectivity index (χ1) is 10.2. The number of carbonyl (C=O) groups is 1. The van der Waals surface area contributed by atoms with Crippen LogP contribution >= 0.6 is 12.4 Å². The molecule has 122 valence electrons. The Kier molecular flexibility index (Phi) is 6.24. The van der Waals surface area contributed by atoms with Crippen molar-refractivity contribution in [1.82, 2.24) is 4.90 Å². The highest BCUT2D eigenvalue weighted by Crippen LogP contribution is 2.36. The summed E-state index contributed by atoms with van der Waals surface area (Å²) >= 11 is 0. The fourth-order valence-corrected chi connectivity index (χ4v) is 3.77. The fourth-order valence-electron chi connectivity index (χ4n) is 3.77. The molecule has 2 heterocycles. The zero-order valence-corrected chi connectivity index (χ0v) is 13.5. The molecule has 2 fully saturated rings. The molecule has 1 aromatic rings. The zero-order chi connectivity index (χ0) is 14.7. The predicted octanol–water partition coefficient (Wildman–Crippen LogP) is 2.67. The lowest BCUT2D eigenvalue weighted by Crippen LogP contribution is -2.31.